The predicted octanol–water partition coefficient (Wildman–Crippen LogP) is 4.42. The number of methoxy groups -OCH3 is 2. The summed E-state index contributed by atoms with van der Waals surface area (Å²) in [4.78, 5) is 33.3. The second kappa shape index (κ2) is 9.58. The maximum atomic E-state index is 12.5. The van der Waals surface area contributed by atoms with Crippen molar-refractivity contribution in [3.05, 3.63) is 94.9 Å². The monoisotopic (exact) mass is 457 g/mol. The number of rotatable bonds is 6. The minimum atomic E-state index is -0.628. The first-order valence-electron chi connectivity index (χ1n) is 10.5. The number of fused-ring (bicyclic) bond motifs is 1. The molecule has 0 aliphatic rings. The van der Waals surface area contributed by atoms with Crippen molar-refractivity contribution < 1.29 is 24.2 Å². The summed E-state index contributed by atoms with van der Waals surface area (Å²) in [5.41, 5.74) is 3.29. The lowest BCUT2D eigenvalue weighted by molar-refractivity contribution is 0.0587. The van der Waals surface area contributed by atoms with Crippen LogP contribution >= 0.6 is 0 Å². The van der Waals surface area contributed by atoms with Crippen LogP contribution in [0.15, 0.2) is 67.0 Å². The zero-order valence-corrected chi connectivity index (χ0v) is 18.9. The molecule has 172 valence electrons. The topological polar surface area (TPSA) is 111 Å². The second-order valence-electron chi connectivity index (χ2n) is 7.63. The Balaban J connectivity index is 1.89. The molecule has 1 atom stereocenters. The average molecular weight is 457 g/mol. The molecule has 0 fully saturated rings. The number of hydrogen-bond donors (Lipinski definition) is 2. The van der Waals surface area contributed by atoms with Crippen LogP contribution in [0.1, 0.15) is 43.6 Å². The van der Waals surface area contributed by atoms with Crippen LogP contribution in [0, 0.1) is 6.92 Å². The van der Waals surface area contributed by atoms with E-state index in [0.717, 1.165) is 16.6 Å². The number of phenols is 1. The summed E-state index contributed by atoms with van der Waals surface area (Å²) in [5.74, 6) is -1.12. The first kappa shape index (κ1) is 22.7. The van der Waals surface area contributed by atoms with Crippen LogP contribution in [0.2, 0.25) is 0 Å². The second-order valence-corrected chi connectivity index (χ2v) is 7.63. The number of carbonyl (C=O) groups excluding carboxylic acids is 2. The van der Waals surface area contributed by atoms with Crippen LogP contribution in [0.3, 0.4) is 0 Å². The quantitative estimate of drug-likeness (QED) is 0.410. The summed E-state index contributed by atoms with van der Waals surface area (Å²) in [5, 5.41) is 15.3. The van der Waals surface area contributed by atoms with Crippen molar-refractivity contribution in [3.63, 3.8) is 0 Å². The van der Waals surface area contributed by atoms with Gasteiger partial charge in [-0.25, -0.2) is 14.6 Å². The third-order valence-electron chi connectivity index (χ3n) is 5.48. The van der Waals surface area contributed by atoms with E-state index in [4.69, 9.17) is 9.47 Å². The van der Waals surface area contributed by atoms with Gasteiger partial charge in [0.2, 0.25) is 0 Å². The number of esters is 2. The number of nitrogens with one attached hydrogen (secondary N) is 1. The van der Waals surface area contributed by atoms with Gasteiger partial charge in [-0.2, -0.15) is 0 Å². The number of pyridine rings is 2. The van der Waals surface area contributed by atoms with Crippen LogP contribution < -0.4 is 5.32 Å². The van der Waals surface area contributed by atoms with Crippen molar-refractivity contribution in [3.8, 4) is 5.75 Å². The van der Waals surface area contributed by atoms with Crippen molar-refractivity contribution in [2.75, 3.05) is 19.5 Å². The van der Waals surface area contributed by atoms with Crippen LogP contribution in [0.25, 0.3) is 10.9 Å². The third kappa shape index (κ3) is 4.38. The number of benzene rings is 2. The van der Waals surface area contributed by atoms with Crippen LogP contribution in [-0.4, -0.2) is 41.2 Å². The highest BCUT2D eigenvalue weighted by molar-refractivity contribution is 5.99. The van der Waals surface area contributed by atoms with Crippen LogP contribution in [0.4, 0.5) is 5.69 Å². The first-order valence-corrected chi connectivity index (χ1v) is 10.5. The maximum Gasteiger partial charge on any atom is 0.339 e. The standard InChI is InChI=1S/C26H23N3O5/c1-15-6-7-16-8-11-20(24(30)23(16)28-15)22(18-5-4-12-27-14-18)29-21-13-17(25(31)33-2)9-10-19(21)26(32)34-3/h4-14,22,29-30H,1-3H3. The molecule has 0 aliphatic carbocycles. The predicted molar refractivity (Wildman–Crippen MR) is 127 cm³/mol. The van der Waals surface area contributed by atoms with Crippen molar-refractivity contribution in [1.29, 1.82) is 0 Å². The fourth-order valence-corrected chi connectivity index (χ4v) is 3.76. The van der Waals surface area contributed by atoms with Gasteiger partial charge in [0.1, 0.15) is 11.3 Å². The molecule has 2 aromatic heterocycles. The molecule has 8 nitrogen and oxygen atoms in total. The minimum Gasteiger partial charge on any atom is -0.505 e. The Morgan fingerprint density at radius 3 is 2.47 bits per heavy atom. The lowest BCUT2D eigenvalue weighted by Crippen LogP contribution is -2.17. The van der Waals surface area contributed by atoms with E-state index in [1.54, 1.807) is 24.5 Å². The van der Waals surface area contributed by atoms with Gasteiger partial charge in [0.15, 0.2) is 0 Å². The summed E-state index contributed by atoms with van der Waals surface area (Å²) in [6.07, 6.45) is 3.30. The SMILES string of the molecule is COC(=O)c1ccc(C(=O)OC)c(NC(c2cccnc2)c2ccc3ccc(C)nc3c2O)c1. The molecule has 0 bridgehead atoms. The molecule has 2 heterocycles. The fraction of sp³-hybridized carbons (Fsp3) is 0.154. The molecule has 0 saturated carbocycles. The van der Waals surface area contributed by atoms with Crippen molar-refractivity contribution >= 4 is 28.5 Å². The Hall–Kier alpha value is -4.46. The Labute approximate surface area is 196 Å². The fourth-order valence-electron chi connectivity index (χ4n) is 3.76. The van der Waals surface area contributed by atoms with Gasteiger partial charge in [-0.3, -0.25) is 4.98 Å². The van der Waals surface area contributed by atoms with E-state index < -0.39 is 18.0 Å². The average Bonchev–Trinajstić information content (AvgIpc) is 2.87. The number of carbonyl (C=O) groups is 2. The van der Waals surface area contributed by atoms with Crippen LogP contribution in [-0.2, 0) is 9.47 Å². The largest absolute Gasteiger partial charge is 0.505 e. The Bertz CT molecular complexity index is 1370. The van der Waals surface area contributed by atoms with E-state index in [2.05, 4.69) is 15.3 Å². The normalized spacial score (nSPS) is 11.6. The lowest BCUT2D eigenvalue weighted by Gasteiger charge is -2.23. The van der Waals surface area contributed by atoms with Gasteiger partial charge in [0.25, 0.3) is 0 Å². The molecule has 2 aromatic carbocycles. The minimum absolute atomic E-state index is 0.00583. The summed E-state index contributed by atoms with van der Waals surface area (Å²) < 4.78 is 9.75. The van der Waals surface area contributed by atoms with E-state index in [0.29, 0.717) is 16.8 Å². The van der Waals surface area contributed by atoms with E-state index in [1.165, 1.54) is 32.4 Å². The highest BCUT2D eigenvalue weighted by Gasteiger charge is 2.24. The summed E-state index contributed by atoms with van der Waals surface area (Å²) in [7, 11) is 2.56. The highest BCUT2D eigenvalue weighted by Crippen LogP contribution is 2.37. The number of aryl methyl sites for hydroxylation is 1. The zero-order valence-electron chi connectivity index (χ0n) is 18.9. The molecule has 34 heavy (non-hydrogen) atoms. The molecule has 0 spiro atoms. The smallest absolute Gasteiger partial charge is 0.339 e. The van der Waals surface area contributed by atoms with E-state index >= 15 is 0 Å². The molecule has 1 unspecified atom stereocenters. The molecule has 8 heteroatoms. The van der Waals surface area contributed by atoms with Gasteiger partial charge in [0, 0.05) is 29.0 Å². The van der Waals surface area contributed by atoms with Gasteiger partial charge < -0.3 is 19.9 Å². The van der Waals surface area contributed by atoms with Gasteiger partial charge >= 0.3 is 11.9 Å². The number of phenolic OH excluding ortho intramolecular Hbond substituents is 1. The van der Waals surface area contributed by atoms with Gasteiger partial charge in [-0.15, -0.1) is 0 Å². The molecule has 0 amide bonds. The van der Waals surface area contributed by atoms with Gasteiger partial charge in [0.05, 0.1) is 37.1 Å². The number of nitrogens with zero attached hydrogens (tertiary/aromatic N) is 2. The molecule has 4 rings (SSSR count). The molecular weight excluding hydrogens is 434 g/mol. The Morgan fingerprint density at radius 2 is 1.76 bits per heavy atom. The Morgan fingerprint density at radius 1 is 1.00 bits per heavy atom. The van der Waals surface area contributed by atoms with E-state index in [-0.39, 0.29) is 16.9 Å². The van der Waals surface area contributed by atoms with Crippen LogP contribution in [0.5, 0.6) is 5.75 Å². The molecule has 0 saturated heterocycles. The van der Waals surface area contributed by atoms with E-state index in [9.17, 15) is 14.7 Å². The van der Waals surface area contributed by atoms with E-state index in [1.807, 2.05) is 31.2 Å². The molecule has 0 radical (unpaired) electrons. The lowest BCUT2D eigenvalue weighted by atomic mass is 9.96. The summed E-state index contributed by atoms with van der Waals surface area (Å²) in [6, 6.07) is 14.9. The van der Waals surface area contributed by atoms with Crippen molar-refractivity contribution in [2.24, 2.45) is 0 Å². The molecule has 2 N–H and O–H groups in total. The number of aromatic nitrogens is 2. The molecular formula is C26H23N3O5. The van der Waals surface area contributed by atoms with Crippen molar-refractivity contribution in [1.82, 2.24) is 9.97 Å². The number of hydrogen-bond acceptors (Lipinski definition) is 8. The summed E-state index contributed by atoms with van der Waals surface area (Å²) >= 11 is 0. The molecule has 4 aromatic rings. The first-order chi connectivity index (χ1) is 16.4. The molecule has 0 aliphatic heterocycles. The third-order valence-corrected chi connectivity index (χ3v) is 5.48. The Kier molecular flexibility index (Phi) is 6.40. The maximum absolute atomic E-state index is 12.5. The zero-order chi connectivity index (χ0) is 24.2. The van der Waals surface area contributed by atoms with Gasteiger partial charge in [-0.1, -0.05) is 24.3 Å². The number of anilines is 1. The van der Waals surface area contributed by atoms with Crippen molar-refractivity contribution in [2.45, 2.75) is 13.0 Å². The number of aromatic hydroxyl groups is 1. The number of ether oxygens (including phenoxy) is 2. The van der Waals surface area contributed by atoms with Gasteiger partial charge in [-0.05, 0) is 42.8 Å². The highest BCUT2D eigenvalue weighted by atomic mass is 16.5. The summed E-state index contributed by atoms with van der Waals surface area (Å²) in [6.45, 7) is 1.85.